The second kappa shape index (κ2) is 9.61. The molecule has 1 heterocycles. The fraction of sp³-hybridized carbons (Fsp3) is 0.182. The molecule has 31 heavy (non-hydrogen) atoms. The van der Waals surface area contributed by atoms with Crippen LogP contribution in [0.4, 0.5) is 5.69 Å². The third kappa shape index (κ3) is 5.31. The van der Waals surface area contributed by atoms with Gasteiger partial charge in [0.25, 0.3) is 15.9 Å². The van der Waals surface area contributed by atoms with Crippen molar-refractivity contribution in [3.8, 4) is 0 Å². The molecule has 1 amide bonds. The summed E-state index contributed by atoms with van der Waals surface area (Å²) in [6.45, 7) is 4.06. The number of aromatic nitrogens is 1. The van der Waals surface area contributed by atoms with Crippen LogP contribution in [0.2, 0.25) is 0 Å². The zero-order chi connectivity index (χ0) is 22.6. The number of pyridine rings is 1. The third-order valence-corrected chi connectivity index (χ3v) is 7.45. The Morgan fingerprint density at radius 3 is 2.45 bits per heavy atom. The summed E-state index contributed by atoms with van der Waals surface area (Å²) in [4.78, 5) is 23.1. The van der Waals surface area contributed by atoms with Gasteiger partial charge in [0, 0.05) is 23.8 Å². The number of hydrogen-bond acceptors (Lipinski definition) is 6. The number of benzene rings is 2. The standard InChI is InChI=1S/C22H23N3O4S2/c1-15-7-12-20(16(2)14-15)30-22-19(6-5-13-23-22)21(26)24-17-8-10-18(11-9-17)31(27,28)25(3)29-4/h5-14H,1-4H3,(H,24,26). The van der Waals surface area contributed by atoms with E-state index in [1.54, 1.807) is 18.3 Å². The molecule has 0 aliphatic heterocycles. The Bertz CT molecular complexity index is 1200. The van der Waals surface area contributed by atoms with Crippen LogP contribution in [-0.4, -0.2) is 37.9 Å². The van der Waals surface area contributed by atoms with Crippen LogP contribution < -0.4 is 5.32 Å². The van der Waals surface area contributed by atoms with Crippen molar-refractivity contribution in [2.45, 2.75) is 28.7 Å². The summed E-state index contributed by atoms with van der Waals surface area (Å²) in [5.74, 6) is -0.329. The number of sulfonamides is 1. The smallest absolute Gasteiger partial charge is 0.264 e. The summed E-state index contributed by atoms with van der Waals surface area (Å²) in [5, 5.41) is 3.39. The molecule has 1 N–H and O–H groups in total. The van der Waals surface area contributed by atoms with E-state index in [4.69, 9.17) is 4.84 Å². The number of hydrogen-bond donors (Lipinski definition) is 1. The lowest BCUT2D eigenvalue weighted by molar-refractivity contribution is -0.0258. The normalized spacial score (nSPS) is 11.5. The van der Waals surface area contributed by atoms with Crippen molar-refractivity contribution in [2.24, 2.45) is 0 Å². The van der Waals surface area contributed by atoms with Crippen LogP contribution in [0.3, 0.4) is 0 Å². The average Bonchev–Trinajstić information content (AvgIpc) is 2.75. The molecule has 0 bridgehead atoms. The molecule has 7 nitrogen and oxygen atoms in total. The molecule has 0 saturated carbocycles. The molecule has 0 spiro atoms. The summed E-state index contributed by atoms with van der Waals surface area (Å²) >= 11 is 1.43. The number of amides is 1. The Labute approximate surface area is 186 Å². The molecule has 3 rings (SSSR count). The molecule has 0 atom stereocenters. The third-order valence-electron chi connectivity index (χ3n) is 4.56. The van der Waals surface area contributed by atoms with E-state index >= 15 is 0 Å². The molecule has 0 aliphatic carbocycles. The first-order valence-electron chi connectivity index (χ1n) is 9.37. The molecule has 162 valence electrons. The van der Waals surface area contributed by atoms with Crippen LogP contribution in [0, 0.1) is 13.8 Å². The van der Waals surface area contributed by atoms with Crippen molar-refractivity contribution in [3.05, 3.63) is 77.5 Å². The predicted octanol–water partition coefficient (Wildman–Crippen LogP) is 4.28. The van der Waals surface area contributed by atoms with E-state index in [2.05, 4.69) is 16.4 Å². The van der Waals surface area contributed by atoms with Crippen molar-refractivity contribution >= 4 is 33.4 Å². The summed E-state index contributed by atoms with van der Waals surface area (Å²) < 4.78 is 25.3. The van der Waals surface area contributed by atoms with Crippen LogP contribution in [0.1, 0.15) is 21.5 Å². The predicted molar refractivity (Wildman–Crippen MR) is 121 cm³/mol. The maximum Gasteiger partial charge on any atom is 0.264 e. The molecule has 2 aromatic carbocycles. The van der Waals surface area contributed by atoms with Gasteiger partial charge in [-0.3, -0.25) is 9.63 Å². The van der Waals surface area contributed by atoms with Gasteiger partial charge in [-0.2, -0.15) is 0 Å². The number of carbonyl (C=O) groups is 1. The number of hydroxylamine groups is 1. The van der Waals surface area contributed by atoms with Crippen molar-refractivity contribution in [1.82, 2.24) is 9.45 Å². The first-order valence-corrected chi connectivity index (χ1v) is 11.6. The first-order chi connectivity index (χ1) is 14.7. The largest absolute Gasteiger partial charge is 0.322 e. The van der Waals surface area contributed by atoms with Gasteiger partial charge in [0.2, 0.25) is 0 Å². The van der Waals surface area contributed by atoms with Gasteiger partial charge in [-0.1, -0.05) is 33.9 Å². The van der Waals surface area contributed by atoms with E-state index in [1.165, 1.54) is 55.7 Å². The molecule has 0 unspecified atom stereocenters. The molecule has 3 aromatic rings. The van der Waals surface area contributed by atoms with Gasteiger partial charge in [-0.15, -0.1) is 0 Å². The summed E-state index contributed by atoms with van der Waals surface area (Å²) in [6, 6.07) is 15.4. The maximum atomic E-state index is 12.9. The monoisotopic (exact) mass is 457 g/mol. The lowest BCUT2D eigenvalue weighted by Crippen LogP contribution is -2.25. The Kier molecular flexibility index (Phi) is 7.11. The highest BCUT2D eigenvalue weighted by Crippen LogP contribution is 2.32. The zero-order valence-corrected chi connectivity index (χ0v) is 19.3. The van der Waals surface area contributed by atoms with E-state index in [9.17, 15) is 13.2 Å². The van der Waals surface area contributed by atoms with Gasteiger partial charge in [-0.25, -0.2) is 13.4 Å². The van der Waals surface area contributed by atoms with Crippen LogP contribution >= 0.6 is 11.8 Å². The van der Waals surface area contributed by atoms with Crippen LogP contribution in [0.15, 0.2) is 75.6 Å². The van der Waals surface area contributed by atoms with Crippen LogP contribution in [0.25, 0.3) is 0 Å². The molecule has 9 heteroatoms. The van der Waals surface area contributed by atoms with Crippen molar-refractivity contribution in [2.75, 3.05) is 19.5 Å². The highest BCUT2D eigenvalue weighted by Gasteiger charge is 2.21. The zero-order valence-electron chi connectivity index (χ0n) is 17.6. The molecule has 0 radical (unpaired) electrons. The highest BCUT2D eigenvalue weighted by molar-refractivity contribution is 7.99. The highest BCUT2D eigenvalue weighted by atomic mass is 32.2. The lowest BCUT2D eigenvalue weighted by atomic mass is 10.2. The Hall–Kier alpha value is -2.72. The van der Waals surface area contributed by atoms with Crippen molar-refractivity contribution in [3.63, 3.8) is 0 Å². The number of rotatable bonds is 7. The summed E-state index contributed by atoms with van der Waals surface area (Å²) in [7, 11) is -1.17. The molecule has 0 aliphatic rings. The van der Waals surface area contributed by atoms with Gasteiger partial charge in [-0.05, 0) is 61.9 Å². The fourth-order valence-electron chi connectivity index (χ4n) is 2.82. The average molecular weight is 458 g/mol. The second-order valence-corrected chi connectivity index (χ2v) is 9.77. The number of carbonyl (C=O) groups excluding carboxylic acids is 1. The van der Waals surface area contributed by atoms with Crippen LogP contribution in [-0.2, 0) is 14.9 Å². The van der Waals surface area contributed by atoms with E-state index in [-0.39, 0.29) is 10.8 Å². The molecular formula is C22H23N3O4S2. The maximum absolute atomic E-state index is 12.9. The minimum atomic E-state index is -3.75. The number of nitrogens with one attached hydrogen (secondary N) is 1. The van der Waals surface area contributed by atoms with Gasteiger partial charge in [0.15, 0.2) is 0 Å². The van der Waals surface area contributed by atoms with E-state index in [0.717, 1.165) is 14.9 Å². The Morgan fingerprint density at radius 2 is 1.81 bits per heavy atom. The number of nitrogens with zero attached hydrogens (tertiary/aromatic N) is 2. The van der Waals surface area contributed by atoms with E-state index in [1.807, 2.05) is 26.0 Å². The molecule has 0 fully saturated rings. The lowest BCUT2D eigenvalue weighted by Gasteiger charge is -2.14. The number of anilines is 1. The molecule has 1 aromatic heterocycles. The van der Waals surface area contributed by atoms with Gasteiger partial charge >= 0.3 is 0 Å². The quantitative estimate of drug-likeness (QED) is 0.533. The fourth-order valence-corrected chi connectivity index (χ4v) is 4.74. The summed E-state index contributed by atoms with van der Waals surface area (Å²) in [6.07, 6.45) is 1.65. The van der Waals surface area contributed by atoms with E-state index in [0.29, 0.717) is 16.3 Å². The van der Waals surface area contributed by atoms with Crippen molar-refractivity contribution in [1.29, 1.82) is 0 Å². The molecular weight excluding hydrogens is 434 g/mol. The second-order valence-electron chi connectivity index (χ2n) is 6.80. The minimum Gasteiger partial charge on any atom is -0.322 e. The van der Waals surface area contributed by atoms with E-state index < -0.39 is 10.0 Å². The van der Waals surface area contributed by atoms with Crippen molar-refractivity contribution < 1.29 is 18.0 Å². The first kappa shape index (κ1) is 23.0. The van der Waals surface area contributed by atoms with Gasteiger partial charge in [0.1, 0.15) is 5.03 Å². The Balaban J connectivity index is 1.80. The summed E-state index contributed by atoms with van der Waals surface area (Å²) in [5.41, 5.74) is 3.18. The Morgan fingerprint density at radius 1 is 1.10 bits per heavy atom. The molecule has 0 saturated heterocycles. The topological polar surface area (TPSA) is 88.6 Å². The van der Waals surface area contributed by atoms with Crippen LogP contribution in [0.5, 0.6) is 0 Å². The van der Waals surface area contributed by atoms with Gasteiger partial charge < -0.3 is 5.32 Å². The number of aryl methyl sites for hydroxylation is 2. The van der Waals surface area contributed by atoms with Gasteiger partial charge in [0.05, 0.1) is 17.6 Å². The minimum absolute atomic E-state index is 0.0577. The SMILES string of the molecule is CON(C)S(=O)(=O)c1ccc(NC(=O)c2cccnc2Sc2ccc(C)cc2C)cc1.